The highest BCUT2D eigenvalue weighted by Gasteiger charge is 2.53. The highest BCUT2D eigenvalue weighted by molar-refractivity contribution is 9.10. The van der Waals surface area contributed by atoms with Gasteiger partial charge in [0.15, 0.2) is 11.4 Å². The average molecular weight is 1080 g/mol. The fraction of sp³-hybridized carbons (Fsp3) is 0.509. The van der Waals surface area contributed by atoms with Gasteiger partial charge in [0, 0.05) is 23.5 Å². The van der Waals surface area contributed by atoms with Crippen molar-refractivity contribution in [3.8, 4) is 10.4 Å². The lowest BCUT2D eigenvalue weighted by molar-refractivity contribution is -0.145. The Hall–Kier alpha value is -5.56. The summed E-state index contributed by atoms with van der Waals surface area (Å²) in [4.78, 5) is 81.4. The Morgan fingerprint density at radius 3 is 2.41 bits per heavy atom. The summed E-state index contributed by atoms with van der Waals surface area (Å²) < 4.78 is 25.3. The topological polar surface area (TPSA) is 180 Å². The lowest BCUT2D eigenvalue weighted by Crippen LogP contribution is -2.59. The number of aliphatic hydroxyl groups is 1. The minimum absolute atomic E-state index is 0.0134. The maximum absolute atomic E-state index is 14.9. The van der Waals surface area contributed by atoms with Gasteiger partial charge in [-0.15, -0.1) is 11.3 Å². The molecule has 15 nitrogen and oxygen atoms in total. The molecule has 2 aliphatic carbocycles. The Morgan fingerprint density at radius 2 is 1.71 bits per heavy atom. The van der Waals surface area contributed by atoms with Crippen molar-refractivity contribution in [2.75, 3.05) is 32.8 Å². The summed E-state index contributed by atoms with van der Waals surface area (Å²) in [5.74, 6) is -1.24. The van der Waals surface area contributed by atoms with Crippen LogP contribution in [0.1, 0.15) is 138 Å². The average Bonchev–Trinajstić information content (AvgIpc) is 3.87. The lowest BCUT2D eigenvalue weighted by atomic mass is 9.85. The maximum Gasteiger partial charge on any atom is 0.358 e. The number of hydrogen-bond donors (Lipinski definition) is 3. The van der Waals surface area contributed by atoms with E-state index in [1.165, 1.54) is 21.8 Å². The van der Waals surface area contributed by atoms with Gasteiger partial charge in [0.1, 0.15) is 12.1 Å². The zero-order valence-electron chi connectivity index (χ0n) is 41.9. The number of nitrogens with zero attached hydrogens (tertiary/aromatic N) is 6. The van der Waals surface area contributed by atoms with Crippen molar-refractivity contribution in [2.24, 2.45) is 5.41 Å². The fourth-order valence-corrected chi connectivity index (χ4v) is 12.7. The number of rotatable bonds is 15. The summed E-state index contributed by atoms with van der Waals surface area (Å²) in [5.41, 5.74) is 4.73. The molecule has 0 unspecified atom stereocenters. The maximum atomic E-state index is 14.9. The van der Waals surface area contributed by atoms with Gasteiger partial charge in [-0.3, -0.25) is 23.6 Å². The van der Waals surface area contributed by atoms with Gasteiger partial charge < -0.3 is 34.8 Å². The van der Waals surface area contributed by atoms with Crippen LogP contribution >= 0.6 is 27.3 Å². The first-order valence-corrected chi connectivity index (χ1v) is 27.6. The second-order valence-electron chi connectivity index (χ2n) is 21.6. The molecule has 6 aromatic rings. The predicted octanol–water partition coefficient (Wildman–Crippen LogP) is 8.79. The number of likely N-dealkylation sites (tertiary alicyclic amines) is 2. The zero-order valence-corrected chi connectivity index (χ0v) is 44.3. The van der Waals surface area contributed by atoms with E-state index < -0.39 is 59.0 Å². The summed E-state index contributed by atoms with van der Waals surface area (Å²) in [5, 5.41) is 17.4. The normalized spacial score (nSPS) is 20.5. The van der Waals surface area contributed by atoms with Crippen LogP contribution in [0.4, 0.5) is 4.39 Å². The molecule has 5 heterocycles. The highest BCUT2D eigenvalue weighted by atomic mass is 79.9. The second kappa shape index (κ2) is 20.6. The van der Waals surface area contributed by atoms with Gasteiger partial charge in [-0.2, -0.15) is 4.98 Å². The Labute approximate surface area is 436 Å². The molecule has 0 radical (unpaired) electrons. The van der Waals surface area contributed by atoms with Crippen molar-refractivity contribution in [3.05, 3.63) is 97.8 Å². The van der Waals surface area contributed by atoms with Crippen LogP contribution in [0.15, 0.2) is 75.4 Å². The van der Waals surface area contributed by atoms with Crippen LogP contribution in [-0.2, 0) is 19.1 Å². The van der Waals surface area contributed by atoms with Crippen LogP contribution in [0, 0.1) is 5.41 Å². The number of carbonyl (C=O) groups excluding carboxylic acids is 4. The molecule has 386 valence electrons. The number of alkyl halides is 1. The Bertz CT molecular complexity index is 3130. The van der Waals surface area contributed by atoms with Gasteiger partial charge in [-0.25, -0.2) is 14.2 Å². The van der Waals surface area contributed by atoms with Crippen molar-refractivity contribution >= 4 is 78.7 Å². The largest absolute Gasteiger partial charge is 0.461 e. The second-order valence-corrected chi connectivity index (χ2v) is 23.3. The number of carbonyl (C=O) groups is 4. The number of thiazole rings is 1. The van der Waals surface area contributed by atoms with Crippen LogP contribution in [0.2, 0.25) is 0 Å². The summed E-state index contributed by atoms with van der Waals surface area (Å²) in [6, 6.07) is 18.0. The van der Waals surface area contributed by atoms with E-state index >= 15 is 0 Å². The van der Waals surface area contributed by atoms with E-state index in [0.717, 1.165) is 96.7 Å². The van der Waals surface area contributed by atoms with Crippen LogP contribution in [0.5, 0.6) is 0 Å². The zero-order chi connectivity index (χ0) is 51.3. The number of amides is 3. The molecule has 3 amide bonds. The number of ether oxygens (including phenoxy) is 1. The molecule has 73 heavy (non-hydrogen) atoms. The summed E-state index contributed by atoms with van der Waals surface area (Å²) in [6.07, 6.45) is 6.93. The molecule has 4 fully saturated rings. The highest BCUT2D eigenvalue weighted by Crippen LogP contribution is 2.41. The van der Waals surface area contributed by atoms with Gasteiger partial charge in [-0.05, 0) is 146 Å². The molecule has 4 aliphatic rings. The standard InChI is InChI=1S/C55H64BrFN8O7S/c1-5-72-51(70)45-46(73-31-58-45)34-17-15-33(16-18-34)39(59-48(67)43-29-37(66)30-63(43)50(69)47(54(2,3)4)60-52(71)55(57)23-24-55)13-9-25-62-26-21-32(22-27-62)35-19-20-40-42(28-35)64(36-10-6-7-11-36)53-61-49(68)44-38(56)12-8-14-41(44)65(40)53/h8,12,14-20,28,31-32,36-37,39,43,47,66H,5-7,9-11,13,21-27,29-30H2,1-4H3,(H,59,67)(H,60,71)/t37-,39+,43+,47-/m1/s1. The molecule has 0 spiro atoms. The molecule has 4 atom stereocenters. The third kappa shape index (κ3) is 10.2. The van der Waals surface area contributed by atoms with E-state index in [-0.39, 0.29) is 49.7 Å². The number of hydrogen-bond acceptors (Lipinski definition) is 11. The van der Waals surface area contributed by atoms with E-state index in [0.29, 0.717) is 28.4 Å². The molecule has 3 aromatic heterocycles. The number of nitrogens with one attached hydrogen (secondary N) is 2. The van der Waals surface area contributed by atoms with Gasteiger partial charge in [0.25, 0.3) is 11.5 Å². The molecule has 3 aromatic carbocycles. The third-order valence-electron chi connectivity index (χ3n) is 15.6. The van der Waals surface area contributed by atoms with E-state index in [4.69, 9.17) is 9.72 Å². The molecule has 2 aliphatic heterocycles. The van der Waals surface area contributed by atoms with Gasteiger partial charge >= 0.3 is 5.97 Å². The van der Waals surface area contributed by atoms with Gasteiger partial charge in [0.2, 0.25) is 17.6 Å². The number of benzene rings is 3. The van der Waals surface area contributed by atoms with Crippen molar-refractivity contribution in [1.82, 2.24) is 39.4 Å². The first kappa shape index (κ1) is 50.9. The van der Waals surface area contributed by atoms with Crippen molar-refractivity contribution < 1.29 is 33.4 Å². The lowest BCUT2D eigenvalue weighted by Gasteiger charge is -2.36. The minimum Gasteiger partial charge on any atom is -0.461 e. The molecule has 3 N–H and O–H groups in total. The van der Waals surface area contributed by atoms with Crippen LogP contribution in [0.25, 0.3) is 38.2 Å². The number of imidazole rings is 1. The molecule has 2 saturated heterocycles. The third-order valence-corrected chi connectivity index (χ3v) is 17.1. The number of piperidine rings is 1. The van der Waals surface area contributed by atoms with E-state index in [1.54, 1.807) is 33.2 Å². The summed E-state index contributed by atoms with van der Waals surface area (Å²) >= 11 is 4.95. The molecule has 18 heteroatoms. The monoisotopic (exact) mass is 1080 g/mol. The Morgan fingerprint density at radius 1 is 0.973 bits per heavy atom. The van der Waals surface area contributed by atoms with Crippen LogP contribution in [0.3, 0.4) is 0 Å². The number of β-amino-alcohol motifs (C(OH)–C–C–N with tert-alkyl or cyclic N) is 1. The van der Waals surface area contributed by atoms with Crippen molar-refractivity contribution in [2.45, 2.75) is 140 Å². The van der Waals surface area contributed by atoms with Gasteiger partial charge in [0.05, 0.1) is 51.1 Å². The first-order chi connectivity index (χ1) is 35.0. The number of fused-ring (bicyclic) bond motifs is 5. The van der Waals surface area contributed by atoms with Crippen LogP contribution < -0.4 is 16.2 Å². The SMILES string of the molecule is CCOC(=O)c1ncsc1-c1ccc([C@H](CCCN2CCC(c3ccc4c(c3)n(C3CCCC3)c3nc(=O)c5c(Br)cccc5n43)CC2)NC(=O)[C@@H]2C[C@@H](O)CN2C(=O)[C@@H](NC(=O)C2(F)CC2)C(C)(C)C)cc1. The molecular weight excluding hydrogens is 1020 g/mol. The number of esters is 1. The quantitative estimate of drug-likeness (QED) is 0.0842. The summed E-state index contributed by atoms with van der Waals surface area (Å²) in [7, 11) is 0. The molecular formula is C55H64BrFN8O7S. The summed E-state index contributed by atoms with van der Waals surface area (Å²) in [6.45, 7) is 9.81. The van der Waals surface area contributed by atoms with E-state index in [9.17, 15) is 33.5 Å². The van der Waals surface area contributed by atoms with Crippen molar-refractivity contribution in [3.63, 3.8) is 0 Å². The minimum atomic E-state index is -1.99. The van der Waals surface area contributed by atoms with E-state index in [2.05, 4.69) is 63.6 Å². The van der Waals surface area contributed by atoms with E-state index in [1.807, 2.05) is 42.5 Å². The number of aliphatic hydroxyl groups excluding tert-OH is 1. The van der Waals surface area contributed by atoms with Crippen LogP contribution in [-0.4, -0.2) is 114 Å². The molecule has 10 rings (SSSR count). The van der Waals surface area contributed by atoms with Crippen molar-refractivity contribution in [1.29, 1.82) is 0 Å². The Kier molecular flexibility index (Phi) is 14.4. The number of aromatic nitrogens is 4. The smallest absolute Gasteiger partial charge is 0.358 e. The first-order valence-electron chi connectivity index (χ1n) is 25.9. The Balaban J connectivity index is 0.853. The molecule has 0 bridgehead atoms. The molecule has 2 saturated carbocycles. The fourth-order valence-electron chi connectivity index (χ4n) is 11.4. The van der Waals surface area contributed by atoms with Gasteiger partial charge in [-0.1, -0.05) is 70.0 Å². The predicted molar refractivity (Wildman–Crippen MR) is 282 cm³/mol. The number of halogens is 2.